The van der Waals surface area contributed by atoms with Crippen LogP contribution in [0.5, 0.6) is 0 Å². The Labute approximate surface area is 181 Å². The molecule has 2 aromatic carbocycles. The summed E-state index contributed by atoms with van der Waals surface area (Å²) in [7, 11) is 0. The number of allylic oxidation sites excluding steroid dienone is 2. The van der Waals surface area contributed by atoms with Crippen molar-refractivity contribution >= 4 is 33.8 Å². The first kappa shape index (κ1) is 18.3. The molecular weight excluding hydrogens is 404 g/mol. The van der Waals surface area contributed by atoms with Crippen LogP contribution in [0.25, 0.3) is 11.1 Å². The molecule has 0 unspecified atom stereocenters. The first-order chi connectivity index (χ1) is 14.8. The fourth-order valence-corrected chi connectivity index (χ4v) is 5.39. The van der Waals surface area contributed by atoms with E-state index in [-0.39, 0.29) is 0 Å². The minimum absolute atomic E-state index is 0.948. The van der Waals surface area contributed by atoms with Gasteiger partial charge in [-0.3, -0.25) is 0 Å². The van der Waals surface area contributed by atoms with Gasteiger partial charge in [-0.25, -0.2) is 0 Å². The third-order valence-electron chi connectivity index (χ3n) is 5.23. The van der Waals surface area contributed by atoms with Crippen LogP contribution in [0.1, 0.15) is 20.9 Å². The first-order valence-corrected chi connectivity index (χ1v) is 11.1. The maximum absolute atomic E-state index is 9.28. The van der Waals surface area contributed by atoms with E-state index in [1.165, 1.54) is 20.9 Å². The largest absolute Gasteiger partial charge is 0.193 e. The molecule has 0 saturated heterocycles. The number of thiophene rings is 2. The summed E-state index contributed by atoms with van der Waals surface area (Å²) in [6, 6.07) is 25.2. The molecule has 2 nitrogen and oxygen atoms in total. The van der Waals surface area contributed by atoms with Gasteiger partial charge >= 0.3 is 0 Å². The Morgan fingerprint density at radius 2 is 1.10 bits per heavy atom. The van der Waals surface area contributed by atoms with Gasteiger partial charge in [-0.2, -0.15) is 10.5 Å². The fraction of sp³-hybridized carbons (Fsp3) is 0. The molecule has 1 aliphatic carbocycles. The highest BCUT2D eigenvalue weighted by atomic mass is 32.1. The van der Waals surface area contributed by atoms with Crippen molar-refractivity contribution in [3.63, 3.8) is 0 Å². The smallest absolute Gasteiger partial charge is 0.0919 e. The Hall–Kier alpha value is -3.70. The van der Waals surface area contributed by atoms with Crippen LogP contribution < -0.4 is 0 Å². The van der Waals surface area contributed by atoms with E-state index in [9.17, 15) is 10.5 Å². The molecule has 1 aliphatic rings. The van der Waals surface area contributed by atoms with Gasteiger partial charge in [-0.05, 0) is 67.0 Å². The second-order valence-corrected chi connectivity index (χ2v) is 8.74. The molecule has 5 rings (SSSR count). The van der Waals surface area contributed by atoms with Crippen molar-refractivity contribution in [2.45, 2.75) is 0 Å². The highest BCUT2D eigenvalue weighted by Crippen LogP contribution is 2.31. The molecule has 2 aromatic heterocycles. The second-order valence-electron chi connectivity index (χ2n) is 6.85. The Morgan fingerprint density at radius 1 is 0.633 bits per heavy atom. The van der Waals surface area contributed by atoms with Gasteiger partial charge in [0.2, 0.25) is 0 Å². The lowest BCUT2D eigenvalue weighted by Gasteiger charge is -2.11. The van der Waals surface area contributed by atoms with Crippen molar-refractivity contribution in [2.24, 2.45) is 0 Å². The molecule has 2 heterocycles. The summed E-state index contributed by atoms with van der Waals surface area (Å²) in [5.41, 5.74) is 3.98. The van der Waals surface area contributed by atoms with Gasteiger partial charge in [0, 0.05) is 33.1 Å². The third-order valence-corrected chi connectivity index (χ3v) is 7.04. The van der Waals surface area contributed by atoms with Crippen molar-refractivity contribution in [1.82, 2.24) is 0 Å². The Kier molecular flexibility index (Phi) is 4.65. The molecule has 0 amide bonds. The first-order valence-electron chi connectivity index (χ1n) is 9.37. The Morgan fingerprint density at radius 3 is 1.47 bits per heavy atom. The molecule has 30 heavy (non-hydrogen) atoms. The number of hydrogen-bond acceptors (Lipinski definition) is 4. The molecule has 4 aromatic rings. The summed E-state index contributed by atoms with van der Waals surface area (Å²) >= 11 is 3.27. The van der Waals surface area contributed by atoms with Crippen molar-refractivity contribution < 1.29 is 0 Å². The zero-order valence-corrected chi connectivity index (χ0v) is 17.4. The minimum atomic E-state index is 0.948. The molecule has 0 atom stereocenters. The SMILES string of the molecule is N#CC=C(c1ccc2c(c1)=c1cc(C(=CC#N)c3cccs3)ccc1=2)c1cccs1. The zero-order valence-electron chi connectivity index (χ0n) is 15.8. The van der Waals surface area contributed by atoms with Crippen LogP contribution in [0.15, 0.2) is 83.6 Å². The van der Waals surface area contributed by atoms with Crippen LogP contribution in [0.4, 0.5) is 0 Å². The van der Waals surface area contributed by atoms with Crippen LogP contribution in [0.2, 0.25) is 0 Å². The quantitative estimate of drug-likeness (QED) is 0.308. The standard InChI is InChI=1S/C26H14N2S2/c27-11-9-19(25-3-1-13-29-25)17-5-7-21-22-8-6-18(16-24(22)23(21)15-17)20(10-12-28)26-4-2-14-30-26/h1-10,13-16H. The topological polar surface area (TPSA) is 47.6 Å². The van der Waals surface area contributed by atoms with Gasteiger partial charge in [0.05, 0.1) is 12.1 Å². The maximum Gasteiger partial charge on any atom is 0.0919 e. The van der Waals surface area contributed by atoms with Crippen molar-refractivity contribution in [1.29, 1.82) is 10.5 Å². The minimum Gasteiger partial charge on any atom is -0.193 e. The van der Waals surface area contributed by atoms with Crippen LogP contribution >= 0.6 is 22.7 Å². The number of hydrogen-bond donors (Lipinski definition) is 0. The predicted octanol–water partition coefficient (Wildman–Crippen LogP) is 6.61. The lowest BCUT2D eigenvalue weighted by Crippen LogP contribution is -1.96. The van der Waals surface area contributed by atoms with Gasteiger partial charge in [0.15, 0.2) is 0 Å². The highest BCUT2D eigenvalue weighted by molar-refractivity contribution is 7.11. The van der Waals surface area contributed by atoms with E-state index in [1.54, 1.807) is 34.8 Å². The summed E-state index contributed by atoms with van der Waals surface area (Å²) in [4.78, 5) is 2.17. The normalized spacial score (nSPS) is 12.3. The molecule has 0 saturated carbocycles. The highest BCUT2D eigenvalue weighted by Gasteiger charge is 2.12. The average Bonchev–Trinajstić information content (AvgIpc) is 3.48. The van der Waals surface area contributed by atoms with Crippen LogP contribution in [0.3, 0.4) is 0 Å². The van der Waals surface area contributed by atoms with Gasteiger partial charge in [-0.15, -0.1) is 22.7 Å². The molecule has 0 aliphatic heterocycles. The van der Waals surface area contributed by atoms with E-state index in [1.807, 2.05) is 35.0 Å². The molecule has 0 bridgehead atoms. The Bertz CT molecular complexity index is 1470. The van der Waals surface area contributed by atoms with Gasteiger partial charge in [0.1, 0.15) is 0 Å². The molecule has 140 valence electrons. The summed E-state index contributed by atoms with van der Waals surface area (Å²) in [6.45, 7) is 0. The summed E-state index contributed by atoms with van der Waals surface area (Å²) < 4.78 is 0. The number of nitrogens with zero attached hydrogens (tertiary/aromatic N) is 2. The lowest BCUT2D eigenvalue weighted by atomic mass is 9.93. The van der Waals surface area contributed by atoms with Crippen LogP contribution in [0, 0.1) is 43.5 Å². The number of rotatable bonds is 4. The number of fused-ring (bicyclic) bond motifs is 2. The summed E-state index contributed by atoms with van der Waals surface area (Å²) in [5, 5.41) is 27.4. The summed E-state index contributed by atoms with van der Waals surface area (Å²) in [5.74, 6) is 0. The van der Waals surface area contributed by atoms with Crippen molar-refractivity contribution in [3.05, 3.63) is 125 Å². The number of nitriles is 2. The molecular formula is C26H14N2S2. The average molecular weight is 419 g/mol. The molecule has 4 heteroatoms. The lowest BCUT2D eigenvalue weighted by molar-refractivity contribution is 1.27. The maximum atomic E-state index is 9.28. The third kappa shape index (κ3) is 3.00. The summed E-state index contributed by atoms with van der Waals surface area (Å²) in [6.07, 6.45) is 3.24. The molecule has 0 radical (unpaired) electrons. The zero-order chi connectivity index (χ0) is 20.5. The van der Waals surface area contributed by atoms with E-state index in [0.29, 0.717) is 0 Å². The Balaban J connectivity index is 1.68. The molecule has 0 spiro atoms. The van der Waals surface area contributed by atoms with Crippen LogP contribution in [-0.2, 0) is 0 Å². The molecule has 0 fully saturated rings. The molecule has 0 N–H and O–H groups in total. The number of benzene rings is 2. The van der Waals surface area contributed by atoms with E-state index in [4.69, 9.17) is 0 Å². The van der Waals surface area contributed by atoms with Gasteiger partial charge < -0.3 is 0 Å². The van der Waals surface area contributed by atoms with E-state index < -0.39 is 0 Å². The monoisotopic (exact) mass is 418 g/mol. The van der Waals surface area contributed by atoms with Crippen molar-refractivity contribution in [2.75, 3.05) is 0 Å². The van der Waals surface area contributed by atoms with Crippen LogP contribution in [-0.4, -0.2) is 0 Å². The second kappa shape index (κ2) is 7.61. The van der Waals surface area contributed by atoms with Gasteiger partial charge in [0.25, 0.3) is 0 Å². The fourth-order valence-electron chi connectivity index (χ4n) is 3.86. The van der Waals surface area contributed by atoms with E-state index >= 15 is 0 Å². The van der Waals surface area contributed by atoms with E-state index in [2.05, 4.69) is 48.5 Å². The predicted molar refractivity (Wildman–Crippen MR) is 122 cm³/mol. The van der Waals surface area contributed by atoms with E-state index in [0.717, 1.165) is 32.0 Å². The van der Waals surface area contributed by atoms with Gasteiger partial charge in [-0.1, -0.05) is 36.4 Å². The van der Waals surface area contributed by atoms with Crippen molar-refractivity contribution in [3.8, 4) is 12.1 Å².